The molecule has 6 heteroatoms. The van der Waals surface area contributed by atoms with Crippen LogP contribution in [0.4, 0.5) is 0 Å². The van der Waals surface area contributed by atoms with Gasteiger partial charge in [-0.25, -0.2) is 0 Å². The van der Waals surface area contributed by atoms with Gasteiger partial charge in [0.2, 0.25) is 0 Å². The molecule has 4 saturated carbocycles. The van der Waals surface area contributed by atoms with Gasteiger partial charge in [0, 0.05) is 24.9 Å². The Morgan fingerprint density at radius 3 is 2.24 bits per heavy atom. The molecule has 0 amide bonds. The van der Waals surface area contributed by atoms with Crippen molar-refractivity contribution in [1.29, 1.82) is 0 Å². The number of allylic oxidation sites excluding steroid dienone is 2. The van der Waals surface area contributed by atoms with E-state index in [-0.39, 0.29) is 42.1 Å². The number of hydrogen-bond acceptors (Lipinski definition) is 6. The lowest BCUT2D eigenvalue weighted by Crippen LogP contribution is -2.70. The molecule has 0 radical (unpaired) electrons. The van der Waals surface area contributed by atoms with Crippen LogP contribution in [0.1, 0.15) is 72.6 Å². The third kappa shape index (κ3) is 3.84. The molecule has 0 aromatic heterocycles. The topological polar surface area (TPSA) is 121 Å². The molecule has 6 nitrogen and oxygen atoms in total. The van der Waals surface area contributed by atoms with Crippen molar-refractivity contribution < 1.29 is 30.6 Å². The van der Waals surface area contributed by atoms with Crippen LogP contribution in [0, 0.1) is 46.3 Å². The Morgan fingerprint density at radius 1 is 0.909 bits per heavy atom. The van der Waals surface area contributed by atoms with Crippen molar-refractivity contribution in [3.63, 3.8) is 0 Å². The standard InChI is InChI=1S/C27H46O6/c1-15(9-12-28)5-6-16(2)17-13-19(30)24-25(17,3)11-8-21-26(4)10-7-18(29)23(32)22(26)20(31)14-27(21,24)33/h5-6,15-24,28-33H,7-14H2,1-4H3/b6-5+/t15?,16-,17-,18+,19-,20+,21-,22+,23?,24-,25-,26-,27+/m1/s1. The van der Waals surface area contributed by atoms with Crippen LogP contribution in [-0.2, 0) is 0 Å². The summed E-state index contributed by atoms with van der Waals surface area (Å²) in [5.41, 5.74) is -1.92. The van der Waals surface area contributed by atoms with Crippen molar-refractivity contribution in [3.8, 4) is 0 Å². The highest BCUT2D eigenvalue weighted by molar-refractivity contribution is 5.21. The molecule has 0 saturated heterocycles. The molecule has 0 aromatic carbocycles. The van der Waals surface area contributed by atoms with E-state index < -0.39 is 41.3 Å². The summed E-state index contributed by atoms with van der Waals surface area (Å²) in [7, 11) is 0. The SMILES string of the molecule is CC(/C=C/[C@@H](C)[C@H]1C[C@@H](O)[C@@H]2[C@]1(C)CC[C@@H]1[C@@]3(C)CC[C@H](O)C(O)[C@@H]3[C@@H](O)C[C@]12O)CCO. The molecule has 0 aliphatic heterocycles. The molecule has 2 unspecified atom stereocenters. The molecule has 6 N–H and O–H groups in total. The highest BCUT2D eigenvalue weighted by Crippen LogP contribution is 2.69. The molecule has 0 spiro atoms. The van der Waals surface area contributed by atoms with Gasteiger partial charge in [0.25, 0.3) is 0 Å². The normalized spacial score (nSPS) is 53.9. The first-order valence-electron chi connectivity index (χ1n) is 13.1. The summed E-state index contributed by atoms with van der Waals surface area (Å²) in [4.78, 5) is 0. The second-order valence-electron chi connectivity index (χ2n) is 12.6. The van der Waals surface area contributed by atoms with Crippen LogP contribution < -0.4 is 0 Å². The smallest absolute Gasteiger partial charge is 0.0857 e. The minimum atomic E-state index is -1.19. The van der Waals surface area contributed by atoms with E-state index in [1.54, 1.807) is 0 Å². The van der Waals surface area contributed by atoms with Gasteiger partial charge in [-0.3, -0.25) is 0 Å². The molecule has 33 heavy (non-hydrogen) atoms. The number of aliphatic hydroxyl groups is 6. The van der Waals surface area contributed by atoms with Gasteiger partial charge in [0.1, 0.15) is 0 Å². The molecule has 190 valence electrons. The van der Waals surface area contributed by atoms with Gasteiger partial charge in [-0.05, 0) is 73.0 Å². The molecule has 4 aliphatic carbocycles. The molecule has 0 bridgehead atoms. The van der Waals surface area contributed by atoms with Crippen LogP contribution in [0.5, 0.6) is 0 Å². The van der Waals surface area contributed by atoms with Crippen molar-refractivity contribution in [1.82, 2.24) is 0 Å². The summed E-state index contributed by atoms with van der Waals surface area (Å²) in [5, 5.41) is 65.1. The van der Waals surface area contributed by atoms with E-state index in [0.29, 0.717) is 25.2 Å². The van der Waals surface area contributed by atoms with Crippen LogP contribution in [0.25, 0.3) is 0 Å². The lowest BCUT2D eigenvalue weighted by atomic mass is 9.41. The maximum absolute atomic E-state index is 12.3. The largest absolute Gasteiger partial charge is 0.396 e. The lowest BCUT2D eigenvalue weighted by molar-refractivity contribution is -0.280. The molecule has 0 heterocycles. The van der Waals surface area contributed by atoms with Gasteiger partial charge in [-0.2, -0.15) is 0 Å². The van der Waals surface area contributed by atoms with E-state index in [4.69, 9.17) is 0 Å². The highest BCUT2D eigenvalue weighted by atomic mass is 16.3. The quantitative estimate of drug-likeness (QED) is 0.346. The zero-order chi connectivity index (χ0) is 24.3. The Balaban J connectivity index is 1.64. The van der Waals surface area contributed by atoms with E-state index in [0.717, 1.165) is 19.3 Å². The Labute approximate surface area is 198 Å². The van der Waals surface area contributed by atoms with Crippen molar-refractivity contribution in [2.24, 2.45) is 46.3 Å². The van der Waals surface area contributed by atoms with Gasteiger partial charge < -0.3 is 30.6 Å². The van der Waals surface area contributed by atoms with E-state index >= 15 is 0 Å². The monoisotopic (exact) mass is 466 g/mol. The Hall–Kier alpha value is -0.500. The van der Waals surface area contributed by atoms with Crippen molar-refractivity contribution in [3.05, 3.63) is 12.2 Å². The summed E-state index contributed by atoms with van der Waals surface area (Å²) >= 11 is 0. The Kier molecular flexibility index (Phi) is 6.87. The van der Waals surface area contributed by atoms with Gasteiger partial charge >= 0.3 is 0 Å². The molecular weight excluding hydrogens is 420 g/mol. The van der Waals surface area contributed by atoms with Crippen LogP contribution in [0.2, 0.25) is 0 Å². The van der Waals surface area contributed by atoms with E-state index in [2.05, 4.69) is 39.8 Å². The van der Waals surface area contributed by atoms with E-state index in [1.165, 1.54) is 0 Å². The predicted octanol–water partition coefficient (Wildman–Crippen LogP) is 2.24. The molecule has 0 aromatic rings. The Bertz CT molecular complexity index is 742. The number of aliphatic hydroxyl groups excluding tert-OH is 5. The molecular formula is C27H46O6. The fourth-order valence-electron chi connectivity index (χ4n) is 9.25. The average Bonchev–Trinajstić information content (AvgIpc) is 3.00. The summed E-state index contributed by atoms with van der Waals surface area (Å²) < 4.78 is 0. The van der Waals surface area contributed by atoms with Crippen LogP contribution in [-0.4, -0.2) is 67.3 Å². The minimum absolute atomic E-state index is 0.123. The third-order valence-corrected chi connectivity index (χ3v) is 10.8. The number of rotatable bonds is 5. The van der Waals surface area contributed by atoms with Gasteiger partial charge in [-0.15, -0.1) is 0 Å². The third-order valence-electron chi connectivity index (χ3n) is 10.8. The second-order valence-corrected chi connectivity index (χ2v) is 12.6. The first kappa shape index (κ1) is 25.6. The molecule has 4 aliphatic rings. The lowest BCUT2D eigenvalue weighted by Gasteiger charge is -2.66. The first-order chi connectivity index (χ1) is 15.4. The maximum atomic E-state index is 12.3. The van der Waals surface area contributed by atoms with Crippen LogP contribution in [0.15, 0.2) is 12.2 Å². The van der Waals surface area contributed by atoms with E-state index in [1.807, 2.05) is 0 Å². The number of fused-ring (bicyclic) bond motifs is 5. The zero-order valence-corrected chi connectivity index (χ0v) is 20.8. The minimum Gasteiger partial charge on any atom is -0.396 e. The van der Waals surface area contributed by atoms with Crippen molar-refractivity contribution in [2.75, 3.05) is 6.61 Å². The van der Waals surface area contributed by atoms with E-state index in [9.17, 15) is 30.6 Å². The molecule has 4 rings (SSSR count). The summed E-state index contributed by atoms with van der Waals surface area (Å²) in [6.07, 6.45) is 5.34. The van der Waals surface area contributed by atoms with Crippen molar-refractivity contribution >= 4 is 0 Å². The average molecular weight is 467 g/mol. The first-order valence-corrected chi connectivity index (χ1v) is 13.1. The Morgan fingerprint density at radius 2 is 1.58 bits per heavy atom. The van der Waals surface area contributed by atoms with Crippen molar-refractivity contribution in [2.45, 2.75) is 103 Å². The predicted molar refractivity (Wildman–Crippen MR) is 126 cm³/mol. The number of hydrogen-bond donors (Lipinski definition) is 6. The summed E-state index contributed by atoms with van der Waals surface area (Å²) in [5.74, 6) is -0.148. The second kappa shape index (κ2) is 8.86. The zero-order valence-electron chi connectivity index (χ0n) is 20.8. The summed E-state index contributed by atoms with van der Waals surface area (Å²) in [6.45, 7) is 8.74. The molecule has 4 fully saturated rings. The fraction of sp³-hybridized carbons (Fsp3) is 0.926. The highest BCUT2D eigenvalue weighted by Gasteiger charge is 2.71. The summed E-state index contributed by atoms with van der Waals surface area (Å²) in [6, 6.07) is 0. The van der Waals surface area contributed by atoms with Gasteiger partial charge in [0.05, 0.1) is 30.0 Å². The van der Waals surface area contributed by atoms with Crippen LogP contribution >= 0.6 is 0 Å². The maximum Gasteiger partial charge on any atom is 0.0857 e. The van der Waals surface area contributed by atoms with Crippen LogP contribution in [0.3, 0.4) is 0 Å². The van der Waals surface area contributed by atoms with Gasteiger partial charge in [-0.1, -0.05) is 39.8 Å². The molecule has 13 atom stereocenters. The fourth-order valence-corrected chi connectivity index (χ4v) is 9.25. The van der Waals surface area contributed by atoms with Gasteiger partial charge in [0.15, 0.2) is 0 Å².